The van der Waals surface area contributed by atoms with E-state index in [9.17, 15) is 4.79 Å². The number of aliphatic imine (C=N–C) groups is 1. The summed E-state index contributed by atoms with van der Waals surface area (Å²) in [6, 6.07) is 0. The van der Waals surface area contributed by atoms with Crippen molar-refractivity contribution in [3.63, 3.8) is 0 Å². The van der Waals surface area contributed by atoms with E-state index in [0.29, 0.717) is 19.7 Å². The van der Waals surface area contributed by atoms with Gasteiger partial charge in [-0.2, -0.15) is 0 Å². The number of hydrogen-bond acceptors (Lipinski definition) is 4. The third kappa shape index (κ3) is 2.76. The average Bonchev–Trinajstić information content (AvgIpc) is 2.61. The molecule has 2 rings (SSSR count). The molecule has 86 valence electrons. The van der Waals surface area contributed by atoms with Gasteiger partial charge >= 0.3 is 6.09 Å². The average molecular weight is 254 g/mol. The van der Waals surface area contributed by atoms with Gasteiger partial charge in [0.25, 0.3) is 0 Å². The van der Waals surface area contributed by atoms with Crippen LogP contribution >= 0.6 is 24.8 Å². The van der Waals surface area contributed by atoms with Gasteiger partial charge in [0.15, 0.2) is 0 Å². The van der Waals surface area contributed by atoms with Crippen molar-refractivity contribution in [2.24, 2.45) is 4.99 Å². The molecule has 0 bridgehead atoms. The number of hydrogen-bond donors (Lipinski definition) is 1. The van der Waals surface area contributed by atoms with E-state index in [1.54, 1.807) is 13.1 Å². The number of amides is 1. The maximum Gasteiger partial charge on any atom is 0.428 e. The number of hydrazine groups is 1. The Labute approximate surface area is 100 Å². The predicted molar refractivity (Wildman–Crippen MR) is 61.7 cm³/mol. The Morgan fingerprint density at radius 3 is 3.00 bits per heavy atom. The normalized spacial score (nSPS) is 16.5. The number of carbonyl (C=O) groups is 1. The largest absolute Gasteiger partial charge is 0.448 e. The molecule has 2 aliphatic rings. The van der Waals surface area contributed by atoms with Crippen LogP contribution in [0.5, 0.6) is 0 Å². The number of ether oxygens (including phenoxy) is 1. The first-order chi connectivity index (χ1) is 6.31. The Kier molecular flexibility index (Phi) is 5.46. The molecule has 5 nitrogen and oxygen atoms in total. The molecule has 0 radical (unpaired) electrons. The summed E-state index contributed by atoms with van der Waals surface area (Å²) in [6.45, 7) is 3.46. The van der Waals surface area contributed by atoms with Crippen LogP contribution in [0.4, 0.5) is 4.79 Å². The molecule has 0 spiro atoms. The van der Waals surface area contributed by atoms with Crippen LogP contribution in [0.1, 0.15) is 6.92 Å². The van der Waals surface area contributed by atoms with Crippen LogP contribution in [0.25, 0.3) is 0 Å². The summed E-state index contributed by atoms with van der Waals surface area (Å²) in [7, 11) is 0. The van der Waals surface area contributed by atoms with Crippen molar-refractivity contribution in [3.8, 4) is 0 Å². The highest BCUT2D eigenvalue weighted by Crippen LogP contribution is 2.16. The van der Waals surface area contributed by atoms with Crippen molar-refractivity contribution in [1.29, 1.82) is 0 Å². The number of allylic oxidation sites excluding steroid dienone is 1. The van der Waals surface area contributed by atoms with E-state index in [1.807, 2.05) is 0 Å². The minimum Gasteiger partial charge on any atom is -0.448 e. The summed E-state index contributed by atoms with van der Waals surface area (Å²) in [5, 5.41) is 1.46. The van der Waals surface area contributed by atoms with Gasteiger partial charge in [-0.1, -0.05) is 0 Å². The van der Waals surface area contributed by atoms with E-state index in [1.165, 1.54) is 5.01 Å². The molecule has 0 atom stereocenters. The summed E-state index contributed by atoms with van der Waals surface area (Å²) >= 11 is 0. The van der Waals surface area contributed by atoms with Crippen LogP contribution in [0.3, 0.4) is 0 Å². The minimum absolute atomic E-state index is 0. The van der Waals surface area contributed by atoms with E-state index in [4.69, 9.17) is 4.74 Å². The Morgan fingerprint density at radius 2 is 2.40 bits per heavy atom. The van der Waals surface area contributed by atoms with Crippen LogP contribution in [0.2, 0.25) is 0 Å². The first-order valence-electron chi connectivity index (χ1n) is 4.24. The van der Waals surface area contributed by atoms with E-state index in [-0.39, 0.29) is 30.9 Å². The van der Waals surface area contributed by atoms with Crippen molar-refractivity contribution in [1.82, 2.24) is 10.4 Å². The quantitative estimate of drug-likeness (QED) is 0.763. The zero-order chi connectivity index (χ0) is 9.26. The number of halogens is 2. The van der Waals surface area contributed by atoms with Gasteiger partial charge < -0.3 is 4.74 Å². The molecule has 1 amide bonds. The SMILES string of the molecule is CCOC(=O)N1CC2=C(C=NC2)N1.Cl.Cl. The first-order valence-corrected chi connectivity index (χ1v) is 4.24. The molecular weight excluding hydrogens is 241 g/mol. The Balaban J connectivity index is 0.000000980. The van der Waals surface area contributed by atoms with E-state index in [2.05, 4.69) is 10.4 Å². The van der Waals surface area contributed by atoms with Crippen LogP contribution < -0.4 is 5.43 Å². The van der Waals surface area contributed by atoms with Crippen molar-refractivity contribution < 1.29 is 9.53 Å². The molecule has 2 aliphatic heterocycles. The first kappa shape index (κ1) is 14.1. The van der Waals surface area contributed by atoms with Gasteiger partial charge in [0.05, 0.1) is 25.4 Å². The van der Waals surface area contributed by atoms with E-state index < -0.39 is 0 Å². The van der Waals surface area contributed by atoms with Crippen molar-refractivity contribution in [2.75, 3.05) is 19.7 Å². The summed E-state index contributed by atoms with van der Waals surface area (Å²) in [4.78, 5) is 15.3. The monoisotopic (exact) mass is 253 g/mol. The molecule has 15 heavy (non-hydrogen) atoms. The smallest absolute Gasteiger partial charge is 0.428 e. The zero-order valence-corrected chi connectivity index (χ0v) is 9.86. The molecule has 0 saturated heterocycles. The van der Waals surface area contributed by atoms with Crippen LogP contribution in [0, 0.1) is 0 Å². The highest BCUT2D eigenvalue weighted by Gasteiger charge is 2.27. The zero-order valence-electron chi connectivity index (χ0n) is 8.23. The van der Waals surface area contributed by atoms with Crippen LogP contribution in [-0.4, -0.2) is 37.0 Å². The molecule has 0 aromatic heterocycles. The van der Waals surface area contributed by atoms with Crippen LogP contribution in [0.15, 0.2) is 16.3 Å². The fourth-order valence-electron chi connectivity index (χ4n) is 1.35. The molecule has 0 aromatic carbocycles. The molecule has 1 N–H and O–H groups in total. The van der Waals surface area contributed by atoms with Crippen molar-refractivity contribution in [2.45, 2.75) is 6.92 Å². The molecule has 0 saturated carbocycles. The van der Waals surface area contributed by atoms with Gasteiger partial charge in [0, 0.05) is 6.21 Å². The Bertz CT molecular complexity index is 304. The second-order valence-corrected chi connectivity index (χ2v) is 2.88. The Morgan fingerprint density at radius 1 is 1.67 bits per heavy atom. The van der Waals surface area contributed by atoms with Gasteiger partial charge in [0.2, 0.25) is 0 Å². The number of carbonyl (C=O) groups excluding carboxylic acids is 1. The van der Waals surface area contributed by atoms with E-state index >= 15 is 0 Å². The van der Waals surface area contributed by atoms with Gasteiger partial charge in [-0.25, -0.2) is 9.80 Å². The fraction of sp³-hybridized carbons (Fsp3) is 0.500. The fourth-order valence-corrected chi connectivity index (χ4v) is 1.35. The summed E-state index contributed by atoms with van der Waals surface area (Å²) in [5.74, 6) is 0. The van der Waals surface area contributed by atoms with E-state index in [0.717, 1.165) is 11.3 Å². The third-order valence-corrected chi connectivity index (χ3v) is 1.98. The maximum absolute atomic E-state index is 11.2. The highest BCUT2D eigenvalue weighted by molar-refractivity contribution is 5.85. The molecule has 2 heterocycles. The third-order valence-electron chi connectivity index (χ3n) is 1.98. The second kappa shape index (κ2) is 5.82. The second-order valence-electron chi connectivity index (χ2n) is 2.88. The molecule has 0 fully saturated rings. The lowest BCUT2D eigenvalue weighted by Gasteiger charge is -2.16. The van der Waals surface area contributed by atoms with Gasteiger partial charge in [-0.15, -0.1) is 24.8 Å². The summed E-state index contributed by atoms with van der Waals surface area (Å²) in [5.41, 5.74) is 5.01. The molecule has 0 aromatic rings. The van der Waals surface area contributed by atoms with Crippen molar-refractivity contribution in [3.05, 3.63) is 11.3 Å². The molecular formula is C8H13Cl2N3O2. The topological polar surface area (TPSA) is 53.9 Å². The van der Waals surface area contributed by atoms with Crippen LogP contribution in [-0.2, 0) is 4.74 Å². The number of nitrogens with zero attached hydrogens (tertiary/aromatic N) is 2. The lowest BCUT2D eigenvalue weighted by Crippen LogP contribution is -2.39. The molecule has 7 heteroatoms. The summed E-state index contributed by atoms with van der Waals surface area (Å²) < 4.78 is 4.84. The lowest BCUT2D eigenvalue weighted by atomic mass is 10.2. The standard InChI is InChI=1S/C8H11N3O2.2ClH/c1-2-13-8(12)11-5-6-3-9-4-7(6)10-11;;/h4,10H,2-3,5H2,1H3;2*1H. The maximum atomic E-state index is 11.2. The molecule has 0 aliphatic carbocycles. The van der Waals surface area contributed by atoms with Gasteiger partial charge in [0.1, 0.15) is 0 Å². The predicted octanol–water partition coefficient (Wildman–Crippen LogP) is 1.15. The Hall–Kier alpha value is -0.940. The van der Waals surface area contributed by atoms with Crippen molar-refractivity contribution >= 4 is 37.1 Å². The highest BCUT2D eigenvalue weighted by atomic mass is 35.5. The number of nitrogens with one attached hydrogen (secondary N) is 1. The van der Waals surface area contributed by atoms with Gasteiger partial charge in [-0.05, 0) is 12.5 Å². The molecule has 0 unspecified atom stereocenters. The lowest BCUT2D eigenvalue weighted by molar-refractivity contribution is 0.102. The van der Waals surface area contributed by atoms with Gasteiger partial charge in [-0.3, -0.25) is 10.4 Å². The minimum atomic E-state index is -0.328. The summed E-state index contributed by atoms with van der Waals surface area (Å²) in [6.07, 6.45) is 1.42. The number of rotatable bonds is 1.